The van der Waals surface area contributed by atoms with Gasteiger partial charge >= 0.3 is 11.9 Å². The van der Waals surface area contributed by atoms with Crippen LogP contribution in [0.25, 0.3) is 0 Å². The van der Waals surface area contributed by atoms with Gasteiger partial charge < -0.3 is 9.84 Å². The first-order valence-electron chi connectivity index (χ1n) is 6.82. The number of benzene rings is 1. The lowest BCUT2D eigenvalue weighted by molar-refractivity contribution is -0.151. The van der Waals surface area contributed by atoms with Crippen LogP contribution in [0.3, 0.4) is 0 Å². The smallest absolute Gasteiger partial charge is 0.310 e. The SMILES string of the molecule is O=C1O[C@@H]2[C@H]3C[C@@H]([C@H]2Sc2ccccc2)[C@H](C(=O)O)[C@H]13. The van der Waals surface area contributed by atoms with Crippen molar-refractivity contribution in [1.29, 1.82) is 0 Å². The molecule has 4 rings (SSSR count). The molecule has 2 aliphatic carbocycles. The molecule has 3 fully saturated rings. The van der Waals surface area contributed by atoms with Gasteiger partial charge in [-0.3, -0.25) is 9.59 Å². The van der Waals surface area contributed by atoms with Crippen LogP contribution in [0.1, 0.15) is 6.42 Å². The molecule has 104 valence electrons. The minimum atomic E-state index is -0.849. The Morgan fingerprint density at radius 1 is 1.25 bits per heavy atom. The molecule has 1 aromatic rings. The molecule has 1 aliphatic heterocycles. The summed E-state index contributed by atoms with van der Waals surface area (Å²) < 4.78 is 5.48. The van der Waals surface area contributed by atoms with E-state index in [9.17, 15) is 14.7 Å². The van der Waals surface area contributed by atoms with Crippen molar-refractivity contribution in [3.05, 3.63) is 30.3 Å². The second kappa shape index (κ2) is 4.25. The van der Waals surface area contributed by atoms with Crippen LogP contribution in [0.5, 0.6) is 0 Å². The molecule has 0 amide bonds. The average Bonchev–Trinajstić information content (AvgIpc) is 3.03. The van der Waals surface area contributed by atoms with Crippen LogP contribution in [0.15, 0.2) is 35.2 Å². The molecule has 1 saturated heterocycles. The average molecular weight is 290 g/mol. The first-order valence-corrected chi connectivity index (χ1v) is 7.70. The largest absolute Gasteiger partial charge is 0.481 e. The van der Waals surface area contributed by atoms with Gasteiger partial charge in [-0.1, -0.05) is 18.2 Å². The molecule has 5 heteroatoms. The quantitative estimate of drug-likeness (QED) is 0.863. The van der Waals surface area contributed by atoms with Gasteiger partial charge in [-0.05, 0) is 24.5 Å². The van der Waals surface area contributed by atoms with E-state index in [0.29, 0.717) is 0 Å². The summed E-state index contributed by atoms with van der Waals surface area (Å²) in [5.74, 6) is -1.97. The number of hydrogen-bond acceptors (Lipinski definition) is 4. The molecule has 0 spiro atoms. The number of hydrogen-bond donors (Lipinski definition) is 1. The molecule has 0 unspecified atom stereocenters. The van der Waals surface area contributed by atoms with Crippen molar-refractivity contribution in [3.8, 4) is 0 Å². The maximum Gasteiger partial charge on any atom is 0.310 e. The topological polar surface area (TPSA) is 63.6 Å². The lowest BCUT2D eigenvalue weighted by Gasteiger charge is -2.29. The van der Waals surface area contributed by atoms with E-state index in [2.05, 4.69) is 0 Å². The van der Waals surface area contributed by atoms with Gasteiger partial charge in [0.2, 0.25) is 0 Å². The number of thioether (sulfide) groups is 1. The summed E-state index contributed by atoms with van der Waals surface area (Å²) >= 11 is 1.66. The fourth-order valence-electron chi connectivity index (χ4n) is 4.14. The Morgan fingerprint density at radius 2 is 2.00 bits per heavy atom. The van der Waals surface area contributed by atoms with E-state index in [1.807, 2.05) is 30.3 Å². The predicted molar refractivity (Wildman–Crippen MR) is 72.2 cm³/mol. The highest BCUT2D eigenvalue weighted by molar-refractivity contribution is 8.00. The van der Waals surface area contributed by atoms with Crippen molar-refractivity contribution in [2.45, 2.75) is 22.7 Å². The Morgan fingerprint density at radius 3 is 2.70 bits per heavy atom. The van der Waals surface area contributed by atoms with Crippen LogP contribution < -0.4 is 0 Å². The second-order valence-corrected chi connectivity index (χ2v) is 7.00. The highest BCUT2D eigenvalue weighted by atomic mass is 32.2. The van der Waals surface area contributed by atoms with Gasteiger partial charge in [0.25, 0.3) is 0 Å². The monoisotopic (exact) mass is 290 g/mol. The molecule has 3 aliphatic rings. The minimum absolute atomic E-state index is 0.0455. The van der Waals surface area contributed by atoms with Gasteiger partial charge in [0.05, 0.1) is 17.1 Å². The Labute approximate surface area is 120 Å². The van der Waals surface area contributed by atoms with Gasteiger partial charge in [-0.25, -0.2) is 0 Å². The van der Waals surface area contributed by atoms with Crippen LogP contribution in [0.2, 0.25) is 0 Å². The third kappa shape index (κ3) is 1.56. The number of carbonyl (C=O) groups is 2. The molecule has 0 radical (unpaired) electrons. The Hall–Kier alpha value is -1.49. The zero-order chi connectivity index (χ0) is 13.9. The minimum Gasteiger partial charge on any atom is -0.481 e. The number of esters is 1. The van der Waals surface area contributed by atoms with E-state index in [1.165, 1.54) is 0 Å². The number of carbonyl (C=O) groups excluding carboxylic acids is 1. The zero-order valence-electron chi connectivity index (χ0n) is 10.6. The van der Waals surface area contributed by atoms with Crippen LogP contribution in [0, 0.1) is 23.7 Å². The van der Waals surface area contributed by atoms with Crippen LogP contribution in [0.4, 0.5) is 0 Å². The van der Waals surface area contributed by atoms with E-state index < -0.39 is 17.8 Å². The van der Waals surface area contributed by atoms with Crippen molar-refractivity contribution in [2.75, 3.05) is 0 Å². The predicted octanol–water partition coefficient (Wildman–Crippen LogP) is 2.04. The van der Waals surface area contributed by atoms with E-state index in [-0.39, 0.29) is 29.2 Å². The highest BCUT2D eigenvalue weighted by Gasteiger charge is 2.68. The summed E-state index contributed by atoms with van der Waals surface area (Å²) in [6.45, 7) is 0. The number of carboxylic acids is 1. The maximum atomic E-state index is 11.9. The highest BCUT2D eigenvalue weighted by Crippen LogP contribution is 2.61. The van der Waals surface area contributed by atoms with E-state index in [0.717, 1.165) is 11.3 Å². The van der Waals surface area contributed by atoms with Crippen LogP contribution >= 0.6 is 11.8 Å². The summed E-state index contributed by atoms with van der Waals surface area (Å²) in [6, 6.07) is 9.92. The van der Waals surface area contributed by atoms with Gasteiger partial charge in [0.1, 0.15) is 6.10 Å². The number of rotatable bonds is 3. The van der Waals surface area contributed by atoms with Crippen molar-refractivity contribution in [3.63, 3.8) is 0 Å². The number of fused-ring (bicyclic) bond motifs is 1. The van der Waals surface area contributed by atoms with Crippen LogP contribution in [-0.4, -0.2) is 28.4 Å². The maximum absolute atomic E-state index is 11.9. The van der Waals surface area contributed by atoms with Gasteiger partial charge in [-0.15, -0.1) is 11.8 Å². The summed E-state index contributed by atoms with van der Waals surface area (Å²) in [4.78, 5) is 24.5. The van der Waals surface area contributed by atoms with Crippen molar-refractivity contribution in [2.24, 2.45) is 23.7 Å². The van der Waals surface area contributed by atoms with E-state index >= 15 is 0 Å². The van der Waals surface area contributed by atoms with Crippen LogP contribution in [-0.2, 0) is 14.3 Å². The van der Waals surface area contributed by atoms with Crippen molar-refractivity contribution in [1.82, 2.24) is 0 Å². The third-order valence-electron chi connectivity index (χ3n) is 4.85. The van der Waals surface area contributed by atoms with Crippen molar-refractivity contribution < 1.29 is 19.4 Å². The lowest BCUT2D eigenvalue weighted by Crippen LogP contribution is -2.39. The number of ether oxygens (including phenoxy) is 1. The first-order chi connectivity index (χ1) is 9.66. The lowest BCUT2D eigenvalue weighted by atomic mass is 9.80. The molecule has 20 heavy (non-hydrogen) atoms. The summed E-state index contributed by atoms with van der Waals surface area (Å²) in [6.07, 6.45) is 0.709. The zero-order valence-corrected chi connectivity index (χ0v) is 11.5. The molecule has 1 heterocycles. The molecule has 1 N–H and O–H groups in total. The van der Waals surface area contributed by atoms with E-state index in [4.69, 9.17) is 4.74 Å². The molecule has 1 aromatic carbocycles. The molecule has 2 bridgehead atoms. The van der Waals surface area contributed by atoms with Gasteiger partial charge in [0, 0.05) is 10.8 Å². The summed E-state index contributed by atoms with van der Waals surface area (Å²) in [5.41, 5.74) is 0. The fraction of sp³-hybridized carbons (Fsp3) is 0.467. The molecular weight excluding hydrogens is 276 g/mol. The number of aliphatic carboxylic acids is 1. The normalized spacial score (nSPS) is 40.9. The van der Waals surface area contributed by atoms with Gasteiger partial charge in [-0.2, -0.15) is 0 Å². The van der Waals surface area contributed by atoms with Gasteiger partial charge in [0.15, 0.2) is 0 Å². The third-order valence-corrected chi connectivity index (χ3v) is 6.28. The second-order valence-electron chi connectivity index (χ2n) is 5.75. The molecule has 6 atom stereocenters. The van der Waals surface area contributed by atoms with E-state index in [1.54, 1.807) is 11.8 Å². The Kier molecular flexibility index (Phi) is 2.61. The molecule has 4 nitrogen and oxygen atoms in total. The Balaban J connectivity index is 1.66. The molecule has 2 saturated carbocycles. The fourth-order valence-corrected chi connectivity index (χ4v) is 5.62. The summed E-state index contributed by atoms with van der Waals surface area (Å²) in [5, 5.41) is 9.52. The summed E-state index contributed by atoms with van der Waals surface area (Å²) in [7, 11) is 0. The first kappa shape index (κ1) is 12.3. The molecule has 0 aromatic heterocycles. The van der Waals surface area contributed by atoms with Crippen molar-refractivity contribution >= 4 is 23.7 Å². The number of carboxylic acid groups (broad SMARTS) is 1. The molecular formula is C15H14O4S. The standard InChI is InChI=1S/C15H14O4S/c16-14(17)10-9-6-8-11(10)15(18)19-12(8)13(9)20-7-4-2-1-3-5-7/h1-5,8-13H,6H2,(H,16,17)/t8-,9+,10-,11+,12+,13+/m0/s1. The Bertz CT molecular complexity index is 572.